The van der Waals surface area contributed by atoms with Gasteiger partial charge in [-0.05, 0) is 42.2 Å². The summed E-state index contributed by atoms with van der Waals surface area (Å²) in [5, 5.41) is 2.90. The number of carbonyl (C=O) groups is 2. The van der Waals surface area contributed by atoms with Gasteiger partial charge >= 0.3 is 5.97 Å². The minimum absolute atomic E-state index is 0.00411. The van der Waals surface area contributed by atoms with Crippen molar-refractivity contribution in [1.82, 2.24) is 5.32 Å². The molecule has 2 rings (SSSR count). The first kappa shape index (κ1) is 17.5. The van der Waals surface area contributed by atoms with Gasteiger partial charge in [-0.15, -0.1) is 0 Å². The number of amides is 1. The number of nitrogens with two attached hydrogens (primary N) is 1. The van der Waals surface area contributed by atoms with E-state index in [1.807, 2.05) is 36.4 Å². The Morgan fingerprint density at radius 1 is 1.04 bits per heavy atom. The van der Waals surface area contributed by atoms with Gasteiger partial charge in [-0.2, -0.15) is 0 Å². The summed E-state index contributed by atoms with van der Waals surface area (Å²) in [5.74, 6) is -0.348. The molecule has 0 unspecified atom stereocenters. The average molecular weight is 326 g/mol. The van der Waals surface area contributed by atoms with E-state index in [-0.39, 0.29) is 11.9 Å². The number of hydrogen-bond acceptors (Lipinski definition) is 4. The van der Waals surface area contributed by atoms with Gasteiger partial charge in [-0.1, -0.05) is 30.3 Å². The number of aryl methyl sites for hydroxylation is 1. The molecule has 1 amide bonds. The first-order valence-corrected chi connectivity index (χ1v) is 7.87. The van der Waals surface area contributed by atoms with E-state index in [9.17, 15) is 9.59 Å². The Hall–Kier alpha value is -2.82. The van der Waals surface area contributed by atoms with Crippen molar-refractivity contribution in [3.05, 3.63) is 65.2 Å². The van der Waals surface area contributed by atoms with Crippen LogP contribution < -0.4 is 11.1 Å². The molecule has 0 fully saturated rings. The van der Waals surface area contributed by atoms with Crippen molar-refractivity contribution in [3.63, 3.8) is 0 Å². The molecule has 0 saturated carbocycles. The number of anilines is 1. The standard InChI is InChI=1S/C19H22N2O3/c1-24-19(23)16-8-6-14(7-9-16)12-13-21-18(22)11-10-15-4-2-3-5-17(15)20/h2-9H,10-13,20H2,1H3,(H,21,22). The second-order valence-corrected chi connectivity index (χ2v) is 5.49. The van der Waals surface area contributed by atoms with Crippen molar-refractivity contribution < 1.29 is 14.3 Å². The first-order chi connectivity index (χ1) is 11.6. The van der Waals surface area contributed by atoms with Crippen LogP contribution in [0.1, 0.15) is 27.9 Å². The van der Waals surface area contributed by atoms with Gasteiger partial charge in [0.1, 0.15) is 0 Å². The van der Waals surface area contributed by atoms with Crippen LogP contribution in [0.15, 0.2) is 48.5 Å². The lowest BCUT2D eigenvalue weighted by Gasteiger charge is -2.07. The number of para-hydroxylation sites is 1. The number of carbonyl (C=O) groups excluding carboxylic acids is 2. The predicted molar refractivity (Wildman–Crippen MR) is 93.7 cm³/mol. The molecule has 0 radical (unpaired) electrons. The van der Waals surface area contributed by atoms with Gasteiger partial charge in [0.25, 0.3) is 0 Å². The monoisotopic (exact) mass is 326 g/mol. The lowest BCUT2D eigenvalue weighted by molar-refractivity contribution is -0.121. The van der Waals surface area contributed by atoms with Crippen LogP contribution in [-0.4, -0.2) is 25.5 Å². The molecule has 0 aliphatic carbocycles. The fraction of sp³-hybridized carbons (Fsp3) is 0.263. The third-order valence-electron chi connectivity index (χ3n) is 3.79. The van der Waals surface area contributed by atoms with Crippen LogP contribution in [0, 0.1) is 0 Å². The molecule has 0 spiro atoms. The van der Waals surface area contributed by atoms with Crippen molar-refractivity contribution >= 4 is 17.6 Å². The lowest BCUT2D eigenvalue weighted by Crippen LogP contribution is -2.26. The third kappa shape index (κ3) is 5.12. The molecule has 0 aromatic heterocycles. The van der Waals surface area contributed by atoms with Gasteiger partial charge in [-0.25, -0.2) is 4.79 Å². The predicted octanol–water partition coefficient (Wildman–Crippen LogP) is 2.35. The summed E-state index contributed by atoms with van der Waals surface area (Å²) in [7, 11) is 1.36. The molecule has 0 atom stereocenters. The average Bonchev–Trinajstić information content (AvgIpc) is 2.61. The van der Waals surface area contributed by atoms with E-state index >= 15 is 0 Å². The Kier molecular flexibility index (Phi) is 6.37. The van der Waals surface area contributed by atoms with Crippen LogP contribution in [0.2, 0.25) is 0 Å². The largest absolute Gasteiger partial charge is 0.465 e. The molecule has 0 bridgehead atoms. The second kappa shape index (κ2) is 8.72. The summed E-state index contributed by atoms with van der Waals surface area (Å²) >= 11 is 0. The molecule has 2 aromatic rings. The lowest BCUT2D eigenvalue weighted by atomic mass is 10.1. The fourth-order valence-electron chi connectivity index (χ4n) is 2.37. The summed E-state index contributed by atoms with van der Waals surface area (Å²) in [6.45, 7) is 0.556. The van der Waals surface area contributed by atoms with E-state index < -0.39 is 0 Å². The number of ether oxygens (including phenoxy) is 1. The van der Waals surface area contributed by atoms with Gasteiger partial charge < -0.3 is 15.8 Å². The number of methoxy groups -OCH3 is 1. The molecular weight excluding hydrogens is 304 g/mol. The molecule has 2 aromatic carbocycles. The van der Waals surface area contributed by atoms with Gasteiger partial charge in [-0.3, -0.25) is 4.79 Å². The van der Waals surface area contributed by atoms with Crippen molar-refractivity contribution in [1.29, 1.82) is 0 Å². The Bertz CT molecular complexity index is 696. The normalized spacial score (nSPS) is 10.2. The van der Waals surface area contributed by atoms with Gasteiger partial charge in [0.2, 0.25) is 5.91 Å². The maximum atomic E-state index is 11.9. The SMILES string of the molecule is COC(=O)c1ccc(CCNC(=O)CCc2ccccc2N)cc1. The van der Waals surface area contributed by atoms with Crippen LogP contribution in [0.5, 0.6) is 0 Å². The number of nitrogen functional groups attached to an aromatic ring is 1. The highest BCUT2D eigenvalue weighted by molar-refractivity contribution is 5.89. The molecule has 5 heteroatoms. The maximum Gasteiger partial charge on any atom is 0.337 e. The van der Waals surface area contributed by atoms with E-state index in [4.69, 9.17) is 5.73 Å². The number of esters is 1. The first-order valence-electron chi connectivity index (χ1n) is 7.87. The van der Waals surface area contributed by atoms with Crippen LogP contribution in [-0.2, 0) is 22.4 Å². The smallest absolute Gasteiger partial charge is 0.337 e. The van der Waals surface area contributed by atoms with E-state index in [1.54, 1.807) is 12.1 Å². The molecule has 0 aliphatic rings. The second-order valence-electron chi connectivity index (χ2n) is 5.49. The highest BCUT2D eigenvalue weighted by atomic mass is 16.5. The van der Waals surface area contributed by atoms with Crippen molar-refractivity contribution in [3.8, 4) is 0 Å². The van der Waals surface area contributed by atoms with Crippen LogP contribution in [0.25, 0.3) is 0 Å². The van der Waals surface area contributed by atoms with Gasteiger partial charge in [0, 0.05) is 18.7 Å². The zero-order chi connectivity index (χ0) is 17.4. The minimum atomic E-state index is -0.352. The van der Waals surface area contributed by atoms with Crippen molar-refractivity contribution in [2.24, 2.45) is 0 Å². The van der Waals surface area contributed by atoms with Crippen molar-refractivity contribution in [2.75, 3.05) is 19.4 Å². The third-order valence-corrected chi connectivity index (χ3v) is 3.79. The van der Waals surface area contributed by atoms with Crippen LogP contribution in [0.3, 0.4) is 0 Å². The number of benzene rings is 2. The molecule has 0 aliphatic heterocycles. The quantitative estimate of drug-likeness (QED) is 0.604. The number of nitrogens with one attached hydrogen (secondary N) is 1. The van der Waals surface area contributed by atoms with Crippen molar-refractivity contribution in [2.45, 2.75) is 19.3 Å². The molecule has 5 nitrogen and oxygen atoms in total. The molecule has 24 heavy (non-hydrogen) atoms. The van der Waals surface area contributed by atoms with E-state index in [2.05, 4.69) is 10.1 Å². The van der Waals surface area contributed by atoms with Crippen LogP contribution >= 0.6 is 0 Å². The topological polar surface area (TPSA) is 81.4 Å². The zero-order valence-corrected chi connectivity index (χ0v) is 13.7. The van der Waals surface area contributed by atoms with E-state index in [0.717, 1.165) is 16.8 Å². The number of rotatable bonds is 7. The van der Waals surface area contributed by atoms with Gasteiger partial charge in [0.15, 0.2) is 0 Å². The molecular formula is C19H22N2O3. The van der Waals surface area contributed by atoms with E-state index in [1.165, 1.54) is 7.11 Å². The Morgan fingerprint density at radius 3 is 2.42 bits per heavy atom. The molecule has 3 N–H and O–H groups in total. The summed E-state index contributed by atoms with van der Waals surface area (Å²) in [6, 6.07) is 14.7. The highest BCUT2D eigenvalue weighted by Gasteiger charge is 2.06. The zero-order valence-electron chi connectivity index (χ0n) is 13.7. The molecule has 126 valence electrons. The Balaban J connectivity index is 1.72. The molecule has 0 saturated heterocycles. The van der Waals surface area contributed by atoms with E-state index in [0.29, 0.717) is 31.4 Å². The summed E-state index contributed by atoms with van der Waals surface area (Å²) < 4.78 is 4.66. The fourth-order valence-corrected chi connectivity index (χ4v) is 2.37. The Morgan fingerprint density at radius 2 is 1.75 bits per heavy atom. The van der Waals surface area contributed by atoms with Gasteiger partial charge in [0.05, 0.1) is 12.7 Å². The van der Waals surface area contributed by atoms with Crippen LogP contribution in [0.4, 0.5) is 5.69 Å². The summed E-state index contributed by atoms with van der Waals surface area (Å²) in [6.07, 6.45) is 1.75. The maximum absolute atomic E-state index is 11.9. The summed E-state index contributed by atoms with van der Waals surface area (Å²) in [5.41, 5.74) is 9.14. The Labute approximate surface area is 141 Å². The molecule has 0 heterocycles. The summed E-state index contributed by atoms with van der Waals surface area (Å²) in [4.78, 5) is 23.2. The number of hydrogen-bond donors (Lipinski definition) is 2. The highest BCUT2D eigenvalue weighted by Crippen LogP contribution is 2.12. The minimum Gasteiger partial charge on any atom is -0.465 e.